The topological polar surface area (TPSA) is 68.1 Å². The fourth-order valence-corrected chi connectivity index (χ4v) is 3.43. The van der Waals surface area contributed by atoms with Crippen molar-refractivity contribution in [1.29, 1.82) is 0 Å². The van der Waals surface area contributed by atoms with Crippen LogP contribution in [0.4, 0.5) is 0 Å². The molecule has 1 aromatic rings. The standard InChI is InChI=1S/C10H18N4O2S/c1-3-17(15,16)14-6-4-5-9(7-14)10-12-11-8-13(10)2/h8-9H,3-7H2,1-2H3. The molecule has 0 N–H and O–H groups in total. The number of sulfonamides is 1. The molecule has 2 rings (SSSR count). The summed E-state index contributed by atoms with van der Waals surface area (Å²) in [5.74, 6) is 1.21. The van der Waals surface area contributed by atoms with Gasteiger partial charge in [0.25, 0.3) is 0 Å². The van der Waals surface area contributed by atoms with E-state index >= 15 is 0 Å². The van der Waals surface area contributed by atoms with Crippen molar-refractivity contribution < 1.29 is 8.42 Å². The lowest BCUT2D eigenvalue weighted by Gasteiger charge is -2.30. The van der Waals surface area contributed by atoms with Gasteiger partial charge in [-0.25, -0.2) is 12.7 Å². The normalized spacial score (nSPS) is 22.8. The third kappa shape index (κ3) is 2.50. The first-order chi connectivity index (χ1) is 8.04. The van der Waals surface area contributed by atoms with Crippen LogP contribution in [0.3, 0.4) is 0 Å². The Hall–Kier alpha value is -0.950. The van der Waals surface area contributed by atoms with Crippen molar-refractivity contribution in [2.45, 2.75) is 25.7 Å². The average Bonchev–Trinajstić information content (AvgIpc) is 2.76. The summed E-state index contributed by atoms with van der Waals surface area (Å²) in [5.41, 5.74) is 0. The van der Waals surface area contributed by atoms with Crippen LogP contribution in [-0.4, -0.2) is 46.3 Å². The molecular formula is C10H18N4O2S. The summed E-state index contributed by atoms with van der Waals surface area (Å²) in [6.07, 6.45) is 3.52. The van der Waals surface area contributed by atoms with E-state index in [-0.39, 0.29) is 11.7 Å². The van der Waals surface area contributed by atoms with Gasteiger partial charge in [0.2, 0.25) is 10.0 Å². The maximum atomic E-state index is 11.8. The van der Waals surface area contributed by atoms with Gasteiger partial charge in [0.1, 0.15) is 12.2 Å². The molecule has 1 saturated heterocycles. The van der Waals surface area contributed by atoms with Crippen molar-refractivity contribution >= 4 is 10.0 Å². The van der Waals surface area contributed by atoms with E-state index in [1.807, 2.05) is 11.6 Å². The summed E-state index contributed by atoms with van der Waals surface area (Å²) in [6, 6.07) is 0. The minimum absolute atomic E-state index is 0.164. The summed E-state index contributed by atoms with van der Waals surface area (Å²) in [5, 5.41) is 7.92. The lowest BCUT2D eigenvalue weighted by Crippen LogP contribution is -2.40. The smallest absolute Gasteiger partial charge is 0.213 e. The molecule has 7 heteroatoms. The number of aromatic nitrogens is 3. The predicted octanol–water partition coefficient (Wildman–Crippen LogP) is 0.344. The predicted molar refractivity (Wildman–Crippen MR) is 64.0 cm³/mol. The van der Waals surface area contributed by atoms with Crippen LogP contribution < -0.4 is 0 Å². The Morgan fingerprint density at radius 1 is 1.53 bits per heavy atom. The van der Waals surface area contributed by atoms with E-state index in [1.165, 1.54) is 0 Å². The van der Waals surface area contributed by atoms with Gasteiger partial charge in [0.15, 0.2) is 0 Å². The van der Waals surface area contributed by atoms with Crippen LogP contribution in [0.15, 0.2) is 6.33 Å². The zero-order chi connectivity index (χ0) is 12.5. The summed E-state index contributed by atoms with van der Waals surface area (Å²) >= 11 is 0. The van der Waals surface area contributed by atoms with Gasteiger partial charge in [0.05, 0.1) is 5.75 Å². The molecule has 1 aliphatic heterocycles. The van der Waals surface area contributed by atoms with Crippen molar-refractivity contribution in [3.05, 3.63) is 12.2 Å². The molecule has 96 valence electrons. The second-order valence-corrected chi connectivity index (χ2v) is 6.66. The largest absolute Gasteiger partial charge is 0.320 e. The molecule has 6 nitrogen and oxygen atoms in total. The number of hydrogen-bond donors (Lipinski definition) is 0. The zero-order valence-corrected chi connectivity index (χ0v) is 11.0. The second-order valence-electron chi connectivity index (χ2n) is 4.40. The minimum atomic E-state index is -3.08. The summed E-state index contributed by atoms with van der Waals surface area (Å²) in [7, 11) is -1.19. The van der Waals surface area contributed by atoms with E-state index in [0.29, 0.717) is 13.1 Å². The molecular weight excluding hydrogens is 240 g/mol. The highest BCUT2D eigenvalue weighted by atomic mass is 32.2. The van der Waals surface area contributed by atoms with Crippen LogP contribution in [0.1, 0.15) is 31.5 Å². The molecule has 0 saturated carbocycles. The molecule has 1 atom stereocenters. The lowest BCUT2D eigenvalue weighted by molar-refractivity contribution is 0.306. The first kappa shape index (κ1) is 12.5. The highest BCUT2D eigenvalue weighted by Crippen LogP contribution is 2.26. The van der Waals surface area contributed by atoms with Gasteiger partial charge in [-0.1, -0.05) is 0 Å². The minimum Gasteiger partial charge on any atom is -0.320 e. The highest BCUT2D eigenvalue weighted by Gasteiger charge is 2.30. The van der Waals surface area contributed by atoms with E-state index in [9.17, 15) is 8.42 Å². The van der Waals surface area contributed by atoms with Gasteiger partial charge in [-0.05, 0) is 19.8 Å². The molecule has 0 amide bonds. The van der Waals surface area contributed by atoms with Gasteiger partial charge in [-0.2, -0.15) is 0 Å². The Kier molecular flexibility index (Phi) is 3.48. The molecule has 0 spiro atoms. The number of hydrogen-bond acceptors (Lipinski definition) is 4. The van der Waals surface area contributed by atoms with E-state index < -0.39 is 10.0 Å². The van der Waals surface area contributed by atoms with Crippen molar-refractivity contribution in [2.24, 2.45) is 7.05 Å². The lowest BCUT2D eigenvalue weighted by atomic mass is 9.99. The Morgan fingerprint density at radius 2 is 2.29 bits per heavy atom. The molecule has 0 bridgehead atoms. The molecule has 1 unspecified atom stereocenters. The van der Waals surface area contributed by atoms with E-state index in [1.54, 1.807) is 17.6 Å². The number of nitrogens with zero attached hydrogens (tertiary/aromatic N) is 4. The summed E-state index contributed by atoms with van der Waals surface area (Å²) in [6.45, 7) is 2.84. The van der Waals surface area contributed by atoms with Crippen molar-refractivity contribution in [3.8, 4) is 0 Å². The van der Waals surface area contributed by atoms with Gasteiger partial charge < -0.3 is 4.57 Å². The third-order valence-electron chi connectivity index (χ3n) is 3.25. The van der Waals surface area contributed by atoms with Crippen molar-refractivity contribution in [1.82, 2.24) is 19.1 Å². The highest BCUT2D eigenvalue weighted by molar-refractivity contribution is 7.89. The first-order valence-corrected chi connectivity index (χ1v) is 7.47. The molecule has 1 aliphatic rings. The summed E-state index contributed by atoms with van der Waals surface area (Å²) in [4.78, 5) is 0. The fourth-order valence-electron chi connectivity index (χ4n) is 2.25. The Labute approximate surface area is 102 Å². The molecule has 0 aromatic carbocycles. The van der Waals surface area contributed by atoms with Crippen molar-refractivity contribution in [2.75, 3.05) is 18.8 Å². The first-order valence-electron chi connectivity index (χ1n) is 5.86. The Balaban J connectivity index is 2.16. The molecule has 17 heavy (non-hydrogen) atoms. The number of piperidine rings is 1. The number of aryl methyl sites for hydroxylation is 1. The van der Waals surface area contributed by atoms with E-state index in [4.69, 9.17) is 0 Å². The van der Waals surface area contributed by atoms with Crippen LogP contribution >= 0.6 is 0 Å². The molecule has 0 aliphatic carbocycles. The molecule has 1 fully saturated rings. The van der Waals surface area contributed by atoms with Crippen LogP contribution in [0.25, 0.3) is 0 Å². The summed E-state index contributed by atoms with van der Waals surface area (Å²) < 4.78 is 27.1. The number of rotatable bonds is 3. The second kappa shape index (κ2) is 4.73. The van der Waals surface area contributed by atoms with Crippen LogP contribution in [-0.2, 0) is 17.1 Å². The average molecular weight is 258 g/mol. The van der Waals surface area contributed by atoms with Crippen LogP contribution in [0, 0.1) is 0 Å². The van der Waals surface area contributed by atoms with Gasteiger partial charge >= 0.3 is 0 Å². The molecule has 1 aromatic heterocycles. The van der Waals surface area contributed by atoms with Crippen molar-refractivity contribution in [3.63, 3.8) is 0 Å². The maximum Gasteiger partial charge on any atom is 0.213 e. The SMILES string of the molecule is CCS(=O)(=O)N1CCCC(c2nncn2C)C1. The quantitative estimate of drug-likeness (QED) is 0.784. The van der Waals surface area contributed by atoms with Gasteiger partial charge in [-0.3, -0.25) is 0 Å². The maximum absolute atomic E-state index is 11.8. The fraction of sp³-hybridized carbons (Fsp3) is 0.800. The third-order valence-corrected chi connectivity index (χ3v) is 5.10. The Bertz CT molecular complexity index is 482. The molecule has 0 radical (unpaired) electrons. The van der Waals surface area contributed by atoms with Crippen LogP contribution in [0.5, 0.6) is 0 Å². The van der Waals surface area contributed by atoms with E-state index in [0.717, 1.165) is 18.7 Å². The van der Waals surface area contributed by atoms with Gasteiger partial charge in [0, 0.05) is 26.1 Å². The molecule has 2 heterocycles. The van der Waals surface area contributed by atoms with Gasteiger partial charge in [-0.15, -0.1) is 10.2 Å². The zero-order valence-electron chi connectivity index (χ0n) is 10.2. The Morgan fingerprint density at radius 3 is 2.88 bits per heavy atom. The monoisotopic (exact) mass is 258 g/mol. The van der Waals surface area contributed by atoms with Crippen LogP contribution in [0.2, 0.25) is 0 Å². The van der Waals surface area contributed by atoms with E-state index in [2.05, 4.69) is 10.2 Å².